The van der Waals surface area contributed by atoms with E-state index in [-0.39, 0.29) is 16.0 Å². The molecule has 0 aliphatic rings. The van der Waals surface area contributed by atoms with Crippen molar-refractivity contribution >= 4 is 27.5 Å². The average molecular weight is 456 g/mol. The first-order valence-electron chi connectivity index (χ1n) is 9.27. The van der Waals surface area contributed by atoms with Crippen LogP contribution < -0.4 is 25.9 Å². The Morgan fingerprint density at radius 2 is 1.62 bits per heavy atom. The second kappa shape index (κ2) is 9.35. The number of sulfonamides is 1. The third-order valence-corrected chi connectivity index (χ3v) is 5.72. The van der Waals surface area contributed by atoms with Crippen LogP contribution in [-0.2, 0) is 10.0 Å². The van der Waals surface area contributed by atoms with Gasteiger partial charge in [0.05, 0.1) is 12.0 Å². The predicted molar refractivity (Wildman–Crippen MR) is 117 cm³/mol. The van der Waals surface area contributed by atoms with Gasteiger partial charge in [0, 0.05) is 16.9 Å². The van der Waals surface area contributed by atoms with Gasteiger partial charge in [-0.25, -0.2) is 8.42 Å². The molecule has 166 valence electrons. The molecule has 32 heavy (non-hydrogen) atoms. The van der Waals surface area contributed by atoms with E-state index in [4.69, 9.17) is 4.74 Å². The Kier molecular flexibility index (Phi) is 6.59. The van der Waals surface area contributed by atoms with Crippen LogP contribution in [0.4, 0.5) is 5.69 Å². The second-order valence-electron chi connectivity index (χ2n) is 6.65. The van der Waals surface area contributed by atoms with Gasteiger partial charge >= 0.3 is 0 Å². The fourth-order valence-electron chi connectivity index (χ4n) is 2.68. The molecule has 11 heteroatoms. The largest absolute Gasteiger partial charge is 0.497 e. The molecule has 0 radical (unpaired) electrons. The van der Waals surface area contributed by atoms with Crippen molar-refractivity contribution in [1.29, 1.82) is 0 Å². The number of amides is 2. The van der Waals surface area contributed by atoms with Crippen LogP contribution in [0.3, 0.4) is 0 Å². The van der Waals surface area contributed by atoms with Crippen molar-refractivity contribution in [2.24, 2.45) is 0 Å². The minimum absolute atomic E-state index is 0.0132. The summed E-state index contributed by atoms with van der Waals surface area (Å²) in [7, 11) is -2.48. The molecule has 2 aromatic carbocycles. The Bertz CT molecular complexity index is 1320. The van der Waals surface area contributed by atoms with E-state index >= 15 is 0 Å². The van der Waals surface area contributed by atoms with E-state index < -0.39 is 27.4 Å². The van der Waals surface area contributed by atoms with E-state index in [1.165, 1.54) is 43.5 Å². The number of H-pyrrole nitrogens is 1. The fourth-order valence-corrected chi connectivity index (χ4v) is 3.79. The van der Waals surface area contributed by atoms with E-state index in [2.05, 4.69) is 20.6 Å². The van der Waals surface area contributed by atoms with Crippen molar-refractivity contribution in [2.75, 3.05) is 11.8 Å². The van der Waals surface area contributed by atoms with Crippen molar-refractivity contribution in [3.63, 3.8) is 0 Å². The summed E-state index contributed by atoms with van der Waals surface area (Å²) in [5, 5.41) is 0. The highest BCUT2D eigenvalue weighted by atomic mass is 32.2. The molecule has 0 fully saturated rings. The van der Waals surface area contributed by atoms with E-state index in [0.717, 1.165) is 6.07 Å². The number of anilines is 1. The molecule has 3 rings (SSSR count). The van der Waals surface area contributed by atoms with Crippen LogP contribution in [0.1, 0.15) is 26.4 Å². The molecular formula is C21H20N4O6S. The summed E-state index contributed by atoms with van der Waals surface area (Å²) in [5.74, 6) is -1.01. The number of methoxy groups -OCH3 is 1. The van der Waals surface area contributed by atoms with Crippen LogP contribution in [0.5, 0.6) is 5.75 Å². The van der Waals surface area contributed by atoms with Gasteiger partial charge in [-0.1, -0.05) is 6.07 Å². The summed E-state index contributed by atoms with van der Waals surface area (Å²) >= 11 is 0. The average Bonchev–Trinajstić information content (AvgIpc) is 2.77. The zero-order valence-corrected chi connectivity index (χ0v) is 17.9. The summed E-state index contributed by atoms with van der Waals surface area (Å²) in [6.07, 6.45) is 0. The first-order valence-corrected chi connectivity index (χ1v) is 10.8. The zero-order chi connectivity index (χ0) is 23.3. The molecule has 0 aliphatic heterocycles. The molecular weight excluding hydrogens is 436 g/mol. The number of benzene rings is 2. The number of aryl methyl sites for hydroxylation is 1. The van der Waals surface area contributed by atoms with Gasteiger partial charge < -0.3 is 9.72 Å². The van der Waals surface area contributed by atoms with Crippen LogP contribution in [0.25, 0.3) is 0 Å². The molecule has 0 atom stereocenters. The molecule has 4 N–H and O–H groups in total. The lowest BCUT2D eigenvalue weighted by atomic mass is 10.2. The van der Waals surface area contributed by atoms with E-state index in [0.29, 0.717) is 17.1 Å². The predicted octanol–water partition coefficient (Wildman–Crippen LogP) is 1.57. The smallest absolute Gasteiger partial charge is 0.275 e. The Morgan fingerprint density at radius 3 is 2.28 bits per heavy atom. The summed E-state index contributed by atoms with van der Waals surface area (Å²) in [4.78, 5) is 38.7. The van der Waals surface area contributed by atoms with E-state index in [9.17, 15) is 22.8 Å². The minimum atomic E-state index is -3.98. The van der Waals surface area contributed by atoms with Gasteiger partial charge in [0.15, 0.2) is 0 Å². The molecule has 1 aromatic heterocycles. The van der Waals surface area contributed by atoms with Gasteiger partial charge in [-0.05, 0) is 61.5 Å². The first kappa shape index (κ1) is 22.6. The lowest BCUT2D eigenvalue weighted by Gasteiger charge is -2.11. The third-order valence-electron chi connectivity index (χ3n) is 4.34. The number of carbonyl (C=O) groups is 2. The van der Waals surface area contributed by atoms with Gasteiger partial charge in [0.2, 0.25) is 0 Å². The molecule has 10 nitrogen and oxygen atoms in total. The van der Waals surface area contributed by atoms with E-state index in [1.54, 1.807) is 25.1 Å². The lowest BCUT2D eigenvalue weighted by Crippen LogP contribution is -2.43. The standard InChI is InChI=1S/C21H20N4O6S/c1-13-6-11-18(20(27)22-13)21(28)24-23-19(26)14-4-3-5-17(12-14)32(29,30)25-15-7-9-16(31-2)10-8-15/h3-12,25H,1-2H3,(H,22,27)(H,23,26)(H,24,28). The zero-order valence-electron chi connectivity index (χ0n) is 17.1. The quantitative estimate of drug-likeness (QED) is 0.414. The Balaban J connectivity index is 1.70. The lowest BCUT2D eigenvalue weighted by molar-refractivity contribution is 0.0845. The maximum absolute atomic E-state index is 12.7. The number of carbonyl (C=O) groups excluding carboxylic acids is 2. The molecule has 0 saturated carbocycles. The maximum Gasteiger partial charge on any atom is 0.275 e. The minimum Gasteiger partial charge on any atom is -0.497 e. The topological polar surface area (TPSA) is 146 Å². The van der Waals surface area contributed by atoms with Crippen LogP contribution in [0.15, 0.2) is 70.4 Å². The maximum atomic E-state index is 12.7. The van der Waals surface area contributed by atoms with E-state index in [1.807, 2.05) is 0 Å². The molecule has 0 unspecified atom stereocenters. The van der Waals surface area contributed by atoms with Crippen molar-refractivity contribution in [3.05, 3.63) is 87.8 Å². The van der Waals surface area contributed by atoms with Crippen LogP contribution in [0.2, 0.25) is 0 Å². The van der Waals surface area contributed by atoms with Gasteiger partial charge in [-0.3, -0.25) is 30.0 Å². The van der Waals surface area contributed by atoms with Crippen molar-refractivity contribution < 1.29 is 22.7 Å². The molecule has 1 heterocycles. The van der Waals surface area contributed by atoms with Crippen LogP contribution >= 0.6 is 0 Å². The molecule has 0 saturated heterocycles. The van der Waals surface area contributed by atoms with Crippen LogP contribution in [0, 0.1) is 6.92 Å². The number of ether oxygens (including phenoxy) is 1. The first-order chi connectivity index (χ1) is 15.2. The third kappa shape index (κ3) is 5.32. The highest BCUT2D eigenvalue weighted by Gasteiger charge is 2.18. The van der Waals surface area contributed by atoms with Crippen molar-refractivity contribution in [2.45, 2.75) is 11.8 Å². The number of pyridine rings is 1. The van der Waals surface area contributed by atoms with Gasteiger partial charge in [-0.15, -0.1) is 0 Å². The molecule has 0 aliphatic carbocycles. The van der Waals surface area contributed by atoms with Gasteiger partial charge in [0.1, 0.15) is 11.3 Å². The molecule has 0 spiro atoms. The highest BCUT2D eigenvalue weighted by Crippen LogP contribution is 2.20. The van der Waals surface area contributed by atoms with Crippen LogP contribution in [-0.4, -0.2) is 32.3 Å². The Hall–Kier alpha value is -4.12. The van der Waals surface area contributed by atoms with Crippen molar-refractivity contribution in [1.82, 2.24) is 15.8 Å². The normalized spacial score (nSPS) is 10.8. The number of hydrazine groups is 1. The Labute approximate surface area is 183 Å². The number of nitrogens with one attached hydrogen (secondary N) is 4. The molecule has 3 aromatic rings. The highest BCUT2D eigenvalue weighted by molar-refractivity contribution is 7.92. The second-order valence-corrected chi connectivity index (χ2v) is 8.34. The summed E-state index contributed by atoms with van der Waals surface area (Å²) in [6.45, 7) is 1.66. The number of hydrogen-bond acceptors (Lipinski definition) is 6. The summed E-state index contributed by atoms with van der Waals surface area (Å²) < 4.78 is 32.8. The van der Waals surface area contributed by atoms with Gasteiger partial charge in [-0.2, -0.15) is 0 Å². The summed E-state index contributed by atoms with van der Waals surface area (Å²) in [5.41, 5.74) is 4.39. The van der Waals surface area contributed by atoms with Gasteiger partial charge in [0.25, 0.3) is 27.4 Å². The number of hydrogen-bond donors (Lipinski definition) is 4. The SMILES string of the molecule is COc1ccc(NS(=O)(=O)c2cccc(C(=O)NNC(=O)c3ccc(C)[nH]c3=O)c2)cc1. The number of aromatic amines is 1. The molecule has 2 amide bonds. The fraction of sp³-hybridized carbons (Fsp3) is 0.0952. The number of rotatable bonds is 6. The molecule has 0 bridgehead atoms. The van der Waals surface area contributed by atoms with Crippen molar-refractivity contribution in [3.8, 4) is 5.75 Å². The Morgan fingerprint density at radius 1 is 0.938 bits per heavy atom. The monoisotopic (exact) mass is 456 g/mol. The summed E-state index contributed by atoms with van der Waals surface area (Å²) in [6, 6.07) is 14.4. The number of aromatic nitrogens is 1.